The van der Waals surface area contributed by atoms with Gasteiger partial charge >= 0.3 is 0 Å². The van der Waals surface area contributed by atoms with E-state index in [1.807, 2.05) is 48.9 Å². The molecule has 0 saturated carbocycles. The molecule has 0 aliphatic carbocycles. The molecule has 0 fully saturated rings. The lowest BCUT2D eigenvalue weighted by atomic mass is 10.2. The van der Waals surface area contributed by atoms with Crippen LogP contribution in [-0.4, -0.2) is 9.78 Å². The van der Waals surface area contributed by atoms with Crippen LogP contribution in [0, 0.1) is 6.92 Å². The maximum absolute atomic E-state index is 6.21. The molecule has 2 aromatic rings. The van der Waals surface area contributed by atoms with E-state index in [-0.39, 0.29) is 0 Å². The van der Waals surface area contributed by atoms with Crippen LogP contribution in [0.1, 0.15) is 23.9 Å². The Morgan fingerprint density at radius 1 is 1.32 bits per heavy atom. The molecule has 4 nitrogen and oxygen atoms in total. The molecule has 0 amide bonds. The monoisotopic (exact) mass is 279 g/mol. The Balaban J connectivity index is 1.86. The number of halogens is 1. The van der Waals surface area contributed by atoms with E-state index in [1.165, 1.54) is 0 Å². The third-order valence-corrected chi connectivity index (χ3v) is 3.37. The Bertz CT molecular complexity index is 525. The minimum Gasteiger partial charge on any atom is -0.297 e. The number of hydroxylamine groups is 1. The summed E-state index contributed by atoms with van der Waals surface area (Å²) in [6.07, 6.45) is 0. The van der Waals surface area contributed by atoms with Crippen LogP contribution >= 0.6 is 11.6 Å². The molecule has 0 radical (unpaired) electrons. The molecule has 0 saturated heterocycles. The van der Waals surface area contributed by atoms with Crippen LogP contribution in [0.25, 0.3) is 0 Å². The summed E-state index contributed by atoms with van der Waals surface area (Å²) in [6.45, 7) is 5.81. The highest BCUT2D eigenvalue weighted by molar-refractivity contribution is 6.31. The van der Waals surface area contributed by atoms with Crippen molar-refractivity contribution in [1.82, 2.24) is 15.3 Å². The molecule has 1 aromatic heterocycles. The van der Waals surface area contributed by atoms with Crippen LogP contribution in [0.15, 0.2) is 30.3 Å². The lowest BCUT2D eigenvalue weighted by Crippen LogP contribution is -2.17. The minimum atomic E-state index is 0.525. The lowest BCUT2D eigenvalue weighted by Gasteiger charge is -2.08. The van der Waals surface area contributed by atoms with Crippen molar-refractivity contribution in [2.75, 3.05) is 0 Å². The summed E-state index contributed by atoms with van der Waals surface area (Å²) < 4.78 is 1.89. The van der Waals surface area contributed by atoms with E-state index in [1.54, 1.807) is 0 Å². The summed E-state index contributed by atoms with van der Waals surface area (Å²) in [5, 5.41) is 5.06. The maximum atomic E-state index is 6.21. The number of benzene rings is 1. The molecule has 0 spiro atoms. The second kappa shape index (κ2) is 6.70. The molecular formula is C14H18ClN3O. The van der Waals surface area contributed by atoms with E-state index >= 15 is 0 Å². The Morgan fingerprint density at radius 2 is 2.05 bits per heavy atom. The molecule has 102 valence electrons. The number of nitrogens with one attached hydrogen (secondary N) is 1. The van der Waals surface area contributed by atoms with Gasteiger partial charge in [-0.25, -0.2) is 0 Å². The van der Waals surface area contributed by atoms with Gasteiger partial charge in [-0.3, -0.25) is 9.52 Å². The fourth-order valence-electron chi connectivity index (χ4n) is 1.87. The molecule has 5 heteroatoms. The Hall–Kier alpha value is -1.36. The molecular weight excluding hydrogens is 262 g/mol. The van der Waals surface area contributed by atoms with Crippen LogP contribution in [0.3, 0.4) is 0 Å². The van der Waals surface area contributed by atoms with Crippen molar-refractivity contribution in [3.8, 4) is 0 Å². The zero-order valence-electron chi connectivity index (χ0n) is 11.2. The second-order valence-electron chi connectivity index (χ2n) is 4.26. The van der Waals surface area contributed by atoms with Gasteiger partial charge in [-0.15, -0.1) is 0 Å². The topological polar surface area (TPSA) is 39.1 Å². The summed E-state index contributed by atoms with van der Waals surface area (Å²) >= 11 is 6.21. The fourth-order valence-corrected chi connectivity index (χ4v) is 2.07. The Kier molecular flexibility index (Phi) is 4.96. The van der Waals surface area contributed by atoms with E-state index in [0.29, 0.717) is 18.2 Å². The van der Waals surface area contributed by atoms with Crippen molar-refractivity contribution in [2.45, 2.75) is 33.5 Å². The van der Waals surface area contributed by atoms with Crippen LogP contribution in [-0.2, 0) is 24.5 Å². The van der Waals surface area contributed by atoms with Gasteiger partial charge in [0.1, 0.15) is 0 Å². The van der Waals surface area contributed by atoms with E-state index in [4.69, 9.17) is 16.4 Å². The quantitative estimate of drug-likeness (QED) is 0.652. The average molecular weight is 280 g/mol. The summed E-state index contributed by atoms with van der Waals surface area (Å²) in [5.41, 5.74) is 5.86. The Morgan fingerprint density at radius 3 is 2.74 bits per heavy atom. The molecule has 19 heavy (non-hydrogen) atoms. The fraction of sp³-hybridized carbons (Fsp3) is 0.357. The second-order valence-corrected chi connectivity index (χ2v) is 4.64. The van der Waals surface area contributed by atoms with E-state index in [9.17, 15) is 0 Å². The maximum Gasteiger partial charge on any atom is 0.0933 e. The van der Waals surface area contributed by atoms with Crippen molar-refractivity contribution in [3.63, 3.8) is 0 Å². The van der Waals surface area contributed by atoms with Gasteiger partial charge in [-0.2, -0.15) is 10.6 Å². The van der Waals surface area contributed by atoms with Gasteiger partial charge in [0, 0.05) is 6.54 Å². The lowest BCUT2D eigenvalue weighted by molar-refractivity contribution is 0.0222. The number of rotatable bonds is 6. The number of aryl methyl sites for hydroxylation is 2. The first-order chi connectivity index (χ1) is 9.22. The van der Waals surface area contributed by atoms with Gasteiger partial charge in [-0.05, 0) is 19.4 Å². The third-order valence-electron chi connectivity index (χ3n) is 2.88. The molecule has 0 aliphatic rings. The predicted octanol–water partition coefficient (Wildman–Crippen LogP) is 3.09. The van der Waals surface area contributed by atoms with Crippen molar-refractivity contribution in [3.05, 3.63) is 52.3 Å². The van der Waals surface area contributed by atoms with Crippen molar-refractivity contribution in [1.29, 1.82) is 0 Å². The van der Waals surface area contributed by atoms with Crippen LogP contribution in [0.5, 0.6) is 0 Å². The van der Waals surface area contributed by atoms with Crippen molar-refractivity contribution < 1.29 is 4.84 Å². The highest BCUT2D eigenvalue weighted by Gasteiger charge is 2.11. The molecule has 0 aliphatic heterocycles. The predicted molar refractivity (Wildman–Crippen MR) is 75.7 cm³/mol. The molecule has 0 atom stereocenters. The SMILES string of the molecule is CCn1nc(C)c(Cl)c1CNOCc1ccccc1. The van der Waals surface area contributed by atoms with Crippen LogP contribution in [0.4, 0.5) is 0 Å². The van der Waals surface area contributed by atoms with Crippen molar-refractivity contribution in [2.24, 2.45) is 0 Å². The highest BCUT2D eigenvalue weighted by atomic mass is 35.5. The smallest absolute Gasteiger partial charge is 0.0933 e. The van der Waals surface area contributed by atoms with E-state index in [0.717, 1.165) is 23.5 Å². The zero-order valence-corrected chi connectivity index (χ0v) is 11.9. The van der Waals surface area contributed by atoms with Gasteiger partial charge in [0.05, 0.1) is 29.6 Å². The van der Waals surface area contributed by atoms with Crippen molar-refractivity contribution >= 4 is 11.6 Å². The third kappa shape index (κ3) is 3.56. The number of hydrogen-bond acceptors (Lipinski definition) is 3. The van der Waals surface area contributed by atoms with Gasteiger partial charge < -0.3 is 0 Å². The standard InChI is InChI=1S/C14H18ClN3O/c1-3-18-13(14(15)11(2)17-18)9-16-19-10-12-7-5-4-6-8-12/h4-8,16H,3,9-10H2,1-2H3. The van der Waals surface area contributed by atoms with Crippen LogP contribution < -0.4 is 5.48 Å². The summed E-state index contributed by atoms with van der Waals surface area (Å²) in [4.78, 5) is 5.44. The first-order valence-corrected chi connectivity index (χ1v) is 6.70. The largest absolute Gasteiger partial charge is 0.297 e. The van der Waals surface area contributed by atoms with Gasteiger partial charge in [0.2, 0.25) is 0 Å². The zero-order chi connectivity index (χ0) is 13.7. The molecule has 1 heterocycles. The summed E-state index contributed by atoms with van der Waals surface area (Å²) in [6, 6.07) is 10.0. The Labute approximate surface area is 118 Å². The number of hydrogen-bond donors (Lipinski definition) is 1. The van der Waals surface area contributed by atoms with Gasteiger partial charge in [-0.1, -0.05) is 41.9 Å². The minimum absolute atomic E-state index is 0.525. The first kappa shape index (κ1) is 14.1. The molecule has 1 N–H and O–H groups in total. The number of aromatic nitrogens is 2. The summed E-state index contributed by atoms with van der Waals surface area (Å²) in [5.74, 6) is 0. The number of nitrogens with zero attached hydrogens (tertiary/aromatic N) is 2. The van der Waals surface area contributed by atoms with E-state index in [2.05, 4.69) is 10.6 Å². The van der Waals surface area contributed by atoms with Crippen LogP contribution in [0.2, 0.25) is 5.02 Å². The molecule has 2 rings (SSSR count). The molecule has 0 unspecified atom stereocenters. The first-order valence-electron chi connectivity index (χ1n) is 6.32. The normalized spacial score (nSPS) is 10.9. The molecule has 1 aromatic carbocycles. The van der Waals surface area contributed by atoms with E-state index < -0.39 is 0 Å². The molecule has 0 bridgehead atoms. The summed E-state index contributed by atoms with van der Waals surface area (Å²) in [7, 11) is 0. The van der Waals surface area contributed by atoms with Gasteiger partial charge in [0.15, 0.2) is 0 Å². The van der Waals surface area contributed by atoms with Gasteiger partial charge in [0.25, 0.3) is 0 Å². The highest BCUT2D eigenvalue weighted by Crippen LogP contribution is 2.19. The average Bonchev–Trinajstić information content (AvgIpc) is 2.72.